The first kappa shape index (κ1) is 13.3. The summed E-state index contributed by atoms with van der Waals surface area (Å²) >= 11 is 0. The third-order valence-corrected chi connectivity index (χ3v) is 3.14. The van der Waals surface area contributed by atoms with E-state index in [1.807, 2.05) is 0 Å². The molecule has 0 unspecified atom stereocenters. The van der Waals surface area contributed by atoms with Gasteiger partial charge in [-0.3, -0.25) is 9.59 Å². The Kier molecular flexibility index (Phi) is 3.99. The normalized spacial score (nSPS) is 19.0. The number of carbonyl (C=O) groups excluding carboxylic acids is 2. The second-order valence-electron chi connectivity index (χ2n) is 4.57. The lowest BCUT2D eigenvalue weighted by atomic mass is 10.1. The molecule has 2 rings (SSSR count). The Bertz CT molecular complexity index is 490. The van der Waals surface area contributed by atoms with Crippen LogP contribution in [0, 0.1) is 0 Å². The van der Waals surface area contributed by atoms with Gasteiger partial charge in [0.15, 0.2) is 0 Å². The lowest BCUT2D eigenvalue weighted by Gasteiger charge is -2.32. The second-order valence-corrected chi connectivity index (χ2v) is 4.57. The predicted molar refractivity (Wildman–Crippen MR) is 68.7 cm³/mol. The number of ether oxygens (including phenoxy) is 1. The fourth-order valence-electron chi connectivity index (χ4n) is 2.15. The molecule has 19 heavy (non-hydrogen) atoms. The Balaban J connectivity index is 2.09. The molecule has 0 saturated carbocycles. The van der Waals surface area contributed by atoms with Crippen LogP contribution in [0.2, 0.25) is 0 Å². The Morgan fingerprint density at radius 3 is 3.00 bits per heavy atom. The lowest BCUT2D eigenvalue weighted by molar-refractivity contribution is -0.131. The average molecular weight is 263 g/mol. The van der Waals surface area contributed by atoms with Crippen LogP contribution in [0.3, 0.4) is 0 Å². The molecule has 1 fully saturated rings. The molecule has 0 spiro atoms. The van der Waals surface area contributed by atoms with E-state index in [2.05, 4.69) is 4.98 Å². The van der Waals surface area contributed by atoms with Crippen molar-refractivity contribution in [2.75, 3.05) is 13.1 Å². The molecular weight excluding hydrogens is 246 g/mol. The largest absolute Gasteiger partial charge is 0.472 e. The minimum Gasteiger partial charge on any atom is -0.472 e. The Morgan fingerprint density at radius 1 is 1.53 bits per heavy atom. The minimum absolute atomic E-state index is 0.0319. The minimum atomic E-state index is -0.567. The molecule has 1 aromatic heterocycles. The van der Waals surface area contributed by atoms with Crippen molar-refractivity contribution in [3.8, 4) is 5.88 Å². The summed E-state index contributed by atoms with van der Waals surface area (Å²) in [6.07, 6.45) is 3.11. The number of piperidine rings is 1. The SMILES string of the molecule is CC(=O)N1CCC[C@@H](Oc2ncccc2C(N)=O)C1. The molecular formula is C13H17N3O3. The Morgan fingerprint density at radius 2 is 2.32 bits per heavy atom. The first-order chi connectivity index (χ1) is 9.08. The van der Waals surface area contributed by atoms with Gasteiger partial charge in [-0.05, 0) is 25.0 Å². The van der Waals surface area contributed by atoms with Crippen molar-refractivity contribution in [1.82, 2.24) is 9.88 Å². The van der Waals surface area contributed by atoms with Crippen LogP contribution in [0.25, 0.3) is 0 Å². The first-order valence-corrected chi connectivity index (χ1v) is 6.25. The number of carbonyl (C=O) groups is 2. The molecule has 1 aliphatic rings. The van der Waals surface area contributed by atoms with Gasteiger partial charge < -0.3 is 15.4 Å². The second kappa shape index (κ2) is 5.69. The molecule has 6 nitrogen and oxygen atoms in total. The number of hydrogen-bond donors (Lipinski definition) is 1. The van der Waals surface area contributed by atoms with Gasteiger partial charge in [-0.15, -0.1) is 0 Å². The highest BCUT2D eigenvalue weighted by molar-refractivity contribution is 5.94. The van der Waals surface area contributed by atoms with Crippen molar-refractivity contribution in [3.05, 3.63) is 23.9 Å². The van der Waals surface area contributed by atoms with Gasteiger partial charge in [0, 0.05) is 19.7 Å². The summed E-state index contributed by atoms with van der Waals surface area (Å²) in [5.74, 6) is -0.294. The van der Waals surface area contributed by atoms with Crippen molar-refractivity contribution in [1.29, 1.82) is 0 Å². The van der Waals surface area contributed by atoms with E-state index >= 15 is 0 Å². The quantitative estimate of drug-likeness (QED) is 0.864. The van der Waals surface area contributed by atoms with Crippen molar-refractivity contribution >= 4 is 11.8 Å². The monoisotopic (exact) mass is 263 g/mol. The summed E-state index contributed by atoms with van der Waals surface area (Å²) in [5, 5.41) is 0. The molecule has 102 valence electrons. The van der Waals surface area contributed by atoms with E-state index in [4.69, 9.17) is 10.5 Å². The molecule has 0 bridgehead atoms. The van der Waals surface area contributed by atoms with E-state index in [1.165, 1.54) is 6.92 Å². The van der Waals surface area contributed by atoms with Gasteiger partial charge in [-0.2, -0.15) is 0 Å². The van der Waals surface area contributed by atoms with E-state index in [0.29, 0.717) is 6.54 Å². The molecule has 0 radical (unpaired) electrons. The van der Waals surface area contributed by atoms with Gasteiger partial charge in [0.05, 0.1) is 6.54 Å². The van der Waals surface area contributed by atoms with Crippen LogP contribution in [0.1, 0.15) is 30.1 Å². The maximum absolute atomic E-state index is 11.4. The summed E-state index contributed by atoms with van der Waals surface area (Å²) in [6.45, 7) is 2.81. The van der Waals surface area contributed by atoms with Gasteiger partial charge in [-0.25, -0.2) is 4.98 Å². The van der Waals surface area contributed by atoms with E-state index in [9.17, 15) is 9.59 Å². The van der Waals surface area contributed by atoms with Crippen LogP contribution in [0.4, 0.5) is 0 Å². The van der Waals surface area contributed by atoms with Crippen LogP contribution < -0.4 is 10.5 Å². The number of nitrogens with zero attached hydrogens (tertiary/aromatic N) is 2. The van der Waals surface area contributed by atoms with Gasteiger partial charge in [-0.1, -0.05) is 0 Å². The van der Waals surface area contributed by atoms with Gasteiger partial charge in [0.1, 0.15) is 11.7 Å². The zero-order valence-corrected chi connectivity index (χ0v) is 10.8. The van der Waals surface area contributed by atoms with E-state index in [0.717, 1.165) is 19.4 Å². The summed E-state index contributed by atoms with van der Waals surface area (Å²) in [7, 11) is 0. The molecule has 2 N–H and O–H groups in total. The van der Waals surface area contributed by atoms with E-state index < -0.39 is 5.91 Å². The predicted octanol–water partition coefficient (Wildman–Crippen LogP) is 0.570. The number of amides is 2. The van der Waals surface area contributed by atoms with E-state index in [1.54, 1.807) is 23.2 Å². The molecule has 6 heteroatoms. The van der Waals surface area contributed by atoms with Crippen LogP contribution in [0.5, 0.6) is 5.88 Å². The first-order valence-electron chi connectivity index (χ1n) is 6.25. The van der Waals surface area contributed by atoms with Crippen molar-refractivity contribution < 1.29 is 14.3 Å². The third kappa shape index (κ3) is 3.21. The molecule has 1 aromatic rings. The lowest BCUT2D eigenvalue weighted by Crippen LogP contribution is -2.43. The van der Waals surface area contributed by atoms with Crippen molar-refractivity contribution in [2.45, 2.75) is 25.9 Å². The maximum atomic E-state index is 11.4. The molecule has 0 aromatic carbocycles. The number of hydrogen-bond acceptors (Lipinski definition) is 4. The highest BCUT2D eigenvalue weighted by Crippen LogP contribution is 2.20. The smallest absolute Gasteiger partial charge is 0.254 e. The van der Waals surface area contributed by atoms with Crippen LogP contribution in [-0.2, 0) is 4.79 Å². The summed E-state index contributed by atoms with van der Waals surface area (Å²) < 4.78 is 5.72. The molecule has 1 atom stereocenters. The van der Waals surface area contributed by atoms with Crippen LogP contribution in [-0.4, -0.2) is 40.9 Å². The molecule has 2 amide bonds. The Hall–Kier alpha value is -2.11. The topological polar surface area (TPSA) is 85.5 Å². The number of aromatic nitrogens is 1. The average Bonchev–Trinajstić information content (AvgIpc) is 2.39. The third-order valence-electron chi connectivity index (χ3n) is 3.14. The summed E-state index contributed by atoms with van der Waals surface area (Å²) in [6, 6.07) is 3.21. The van der Waals surface area contributed by atoms with Gasteiger partial charge in [0.25, 0.3) is 5.91 Å². The Labute approximate surface area is 111 Å². The maximum Gasteiger partial charge on any atom is 0.254 e. The summed E-state index contributed by atoms with van der Waals surface area (Å²) in [4.78, 5) is 28.4. The fourth-order valence-corrected chi connectivity index (χ4v) is 2.15. The van der Waals surface area contributed by atoms with Gasteiger partial charge >= 0.3 is 0 Å². The van der Waals surface area contributed by atoms with E-state index in [-0.39, 0.29) is 23.5 Å². The number of nitrogens with two attached hydrogens (primary N) is 1. The highest BCUT2D eigenvalue weighted by atomic mass is 16.5. The molecule has 1 saturated heterocycles. The molecule has 0 aliphatic carbocycles. The highest BCUT2D eigenvalue weighted by Gasteiger charge is 2.24. The molecule has 2 heterocycles. The van der Waals surface area contributed by atoms with Crippen molar-refractivity contribution in [2.24, 2.45) is 5.73 Å². The van der Waals surface area contributed by atoms with Crippen LogP contribution >= 0.6 is 0 Å². The molecule has 1 aliphatic heterocycles. The standard InChI is InChI=1S/C13H17N3O3/c1-9(17)16-7-3-4-10(8-16)19-13-11(12(14)18)5-2-6-15-13/h2,5-6,10H,3-4,7-8H2,1H3,(H2,14,18)/t10-/m1/s1. The van der Waals surface area contributed by atoms with Gasteiger partial charge in [0.2, 0.25) is 11.8 Å². The number of pyridine rings is 1. The number of primary amides is 1. The number of likely N-dealkylation sites (tertiary alicyclic amines) is 1. The summed E-state index contributed by atoms with van der Waals surface area (Å²) in [5.41, 5.74) is 5.54. The van der Waals surface area contributed by atoms with Crippen LogP contribution in [0.15, 0.2) is 18.3 Å². The fraction of sp³-hybridized carbons (Fsp3) is 0.462. The zero-order valence-electron chi connectivity index (χ0n) is 10.8. The number of rotatable bonds is 3. The zero-order chi connectivity index (χ0) is 13.8. The van der Waals surface area contributed by atoms with Crippen molar-refractivity contribution in [3.63, 3.8) is 0 Å².